The fourth-order valence-electron chi connectivity index (χ4n) is 3.74. The largest absolute Gasteiger partial charge is 0.495 e. The number of methoxy groups -OCH3 is 1. The van der Waals surface area contributed by atoms with Crippen LogP contribution < -0.4 is 14.4 Å². The van der Waals surface area contributed by atoms with Crippen molar-refractivity contribution < 1.29 is 17.9 Å². The van der Waals surface area contributed by atoms with Crippen LogP contribution in [0, 0.1) is 5.92 Å². The number of hydrogen-bond donors (Lipinski definition) is 1. The molecule has 2 aromatic rings. The van der Waals surface area contributed by atoms with Crippen LogP contribution in [0.15, 0.2) is 53.4 Å². The maximum atomic E-state index is 13.0. The van der Waals surface area contributed by atoms with Gasteiger partial charge in [0.15, 0.2) is 0 Å². The lowest BCUT2D eigenvalue weighted by molar-refractivity contribution is 0.0910. The van der Waals surface area contributed by atoms with E-state index < -0.39 is 10.0 Å². The van der Waals surface area contributed by atoms with Gasteiger partial charge in [0.2, 0.25) is 0 Å². The van der Waals surface area contributed by atoms with Gasteiger partial charge in [0.05, 0.1) is 17.7 Å². The van der Waals surface area contributed by atoms with Crippen molar-refractivity contribution in [3.63, 3.8) is 0 Å². The van der Waals surface area contributed by atoms with E-state index in [9.17, 15) is 13.2 Å². The van der Waals surface area contributed by atoms with Crippen LogP contribution >= 0.6 is 0 Å². The van der Waals surface area contributed by atoms with Gasteiger partial charge in [-0.05, 0) is 55.2 Å². The molecule has 1 N–H and O–H groups in total. The first-order chi connectivity index (χ1) is 13.8. The van der Waals surface area contributed by atoms with Crippen LogP contribution in [0.1, 0.15) is 43.0 Å². The molecule has 0 bridgehead atoms. The van der Waals surface area contributed by atoms with Crippen LogP contribution in [0.5, 0.6) is 5.75 Å². The van der Waals surface area contributed by atoms with Crippen LogP contribution in [-0.4, -0.2) is 34.5 Å². The third-order valence-electron chi connectivity index (χ3n) is 5.63. The average molecular weight is 417 g/mol. The van der Waals surface area contributed by atoms with Gasteiger partial charge >= 0.3 is 0 Å². The Morgan fingerprint density at radius 2 is 1.72 bits per heavy atom. The Morgan fingerprint density at radius 3 is 2.38 bits per heavy atom. The summed E-state index contributed by atoms with van der Waals surface area (Å²) in [5.74, 6) is 0.767. The van der Waals surface area contributed by atoms with Crippen molar-refractivity contribution >= 4 is 21.6 Å². The van der Waals surface area contributed by atoms with E-state index in [1.54, 1.807) is 36.4 Å². The normalized spacial score (nSPS) is 19.4. The molecule has 0 saturated heterocycles. The van der Waals surface area contributed by atoms with E-state index in [-0.39, 0.29) is 16.8 Å². The molecule has 1 aliphatic rings. The van der Waals surface area contributed by atoms with E-state index in [2.05, 4.69) is 12.2 Å². The van der Waals surface area contributed by atoms with Gasteiger partial charge in [0.1, 0.15) is 5.75 Å². The first-order valence-corrected chi connectivity index (χ1v) is 11.3. The summed E-state index contributed by atoms with van der Waals surface area (Å²) in [6, 6.07) is 13.2. The van der Waals surface area contributed by atoms with Gasteiger partial charge in [0.25, 0.3) is 15.9 Å². The van der Waals surface area contributed by atoms with Crippen molar-refractivity contribution in [3.8, 4) is 5.75 Å². The van der Waals surface area contributed by atoms with E-state index in [4.69, 9.17) is 4.74 Å². The molecule has 29 heavy (non-hydrogen) atoms. The fraction of sp³-hybridized carbons (Fsp3) is 0.409. The molecule has 6 nitrogen and oxygen atoms in total. The zero-order valence-electron chi connectivity index (χ0n) is 17.1. The molecule has 0 aromatic heterocycles. The minimum atomic E-state index is -3.78. The van der Waals surface area contributed by atoms with Gasteiger partial charge < -0.3 is 10.1 Å². The summed E-state index contributed by atoms with van der Waals surface area (Å²) in [5, 5.41) is 3.09. The molecular weight excluding hydrogens is 388 g/mol. The highest BCUT2D eigenvalue weighted by atomic mass is 32.2. The van der Waals surface area contributed by atoms with Crippen molar-refractivity contribution in [1.29, 1.82) is 0 Å². The SMILES string of the molecule is COc1ccccc1N(C)S(=O)(=O)c1ccc(C(=O)N[C@H]2CCCC[C@@H]2C)cc1. The van der Waals surface area contributed by atoms with Crippen LogP contribution in [0.4, 0.5) is 5.69 Å². The van der Waals surface area contributed by atoms with Crippen LogP contribution in [0.3, 0.4) is 0 Å². The Morgan fingerprint density at radius 1 is 1.07 bits per heavy atom. The number of nitrogens with one attached hydrogen (secondary N) is 1. The highest BCUT2D eigenvalue weighted by Gasteiger charge is 2.25. The summed E-state index contributed by atoms with van der Waals surface area (Å²) >= 11 is 0. The fourth-order valence-corrected chi connectivity index (χ4v) is 4.94. The molecular formula is C22H28N2O4S. The smallest absolute Gasteiger partial charge is 0.264 e. The zero-order valence-corrected chi connectivity index (χ0v) is 17.9. The standard InChI is InChI=1S/C22H28N2O4S/c1-16-8-4-5-9-19(16)23-22(25)17-12-14-18(15-13-17)29(26,27)24(2)20-10-6-7-11-21(20)28-3/h6-7,10-16,19H,4-5,8-9H2,1-3H3,(H,23,25)/t16-,19-/m0/s1. The van der Waals surface area contributed by atoms with Gasteiger partial charge in [-0.1, -0.05) is 31.9 Å². The first-order valence-electron chi connectivity index (χ1n) is 9.87. The molecule has 7 heteroatoms. The van der Waals surface area contributed by atoms with Crippen LogP contribution in [0.25, 0.3) is 0 Å². The quantitative estimate of drug-likeness (QED) is 0.777. The Balaban J connectivity index is 1.77. The van der Waals surface area contributed by atoms with Gasteiger partial charge in [0, 0.05) is 18.7 Å². The number of ether oxygens (including phenoxy) is 1. The number of anilines is 1. The molecule has 3 rings (SSSR count). The zero-order chi connectivity index (χ0) is 21.0. The summed E-state index contributed by atoms with van der Waals surface area (Å²) in [7, 11) is -0.797. The number of benzene rings is 2. The second-order valence-electron chi connectivity index (χ2n) is 7.51. The first kappa shape index (κ1) is 21.2. The lowest BCUT2D eigenvalue weighted by Gasteiger charge is -2.29. The second kappa shape index (κ2) is 8.86. The van der Waals surface area contributed by atoms with Crippen molar-refractivity contribution in [1.82, 2.24) is 5.32 Å². The maximum absolute atomic E-state index is 13.0. The van der Waals surface area contributed by atoms with Gasteiger partial charge in [-0.3, -0.25) is 9.10 Å². The molecule has 156 valence electrons. The number of rotatable bonds is 6. The number of carbonyl (C=O) groups excluding carboxylic acids is 1. The van der Waals surface area contributed by atoms with Crippen LogP contribution in [0.2, 0.25) is 0 Å². The van der Waals surface area contributed by atoms with Crippen LogP contribution in [-0.2, 0) is 10.0 Å². The molecule has 0 unspecified atom stereocenters. The summed E-state index contributed by atoms with van der Waals surface area (Å²) < 4.78 is 32.5. The maximum Gasteiger partial charge on any atom is 0.264 e. The predicted octanol–water partition coefficient (Wildman–Crippen LogP) is 3.83. The predicted molar refractivity (Wildman–Crippen MR) is 114 cm³/mol. The number of hydrogen-bond acceptors (Lipinski definition) is 4. The van der Waals surface area contributed by atoms with E-state index in [0.29, 0.717) is 22.9 Å². The van der Waals surface area contributed by atoms with Crippen molar-refractivity contribution in [2.75, 3.05) is 18.5 Å². The second-order valence-corrected chi connectivity index (χ2v) is 9.48. The molecule has 0 aliphatic heterocycles. The molecule has 0 heterocycles. The Labute approximate surface area is 172 Å². The molecule has 1 fully saturated rings. The number of amides is 1. The summed E-state index contributed by atoms with van der Waals surface area (Å²) in [6.07, 6.45) is 4.45. The highest BCUT2D eigenvalue weighted by Crippen LogP contribution is 2.31. The molecule has 1 amide bonds. The topological polar surface area (TPSA) is 75.7 Å². The van der Waals surface area contributed by atoms with Crippen molar-refractivity contribution in [2.24, 2.45) is 5.92 Å². The Hall–Kier alpha value is -2.54. The molecule has 0 spiro atoms. The van der Waals surface area contributed by atoms with E-state index in [1.165, 1.54) is 37.0 Å². The molecule has 1 aliphatic carbocycles. The molecule has 2 aromatic carbocycles. The van der Waals surface area contributed by atoms with E-state index in [0.717, 1.165) is 19.3 Å². The third-order valence-corrected chi connectivity index (χ3v) is 7.41. The molecule has 0 radical (unpaired) electrons. The summed E-state index contributed by atoms with van der Waals surface area (Å²) in [5.41, 5.74) is 0.907. The van der Waals surface area contributed by atoms with Crippen molar-refractivity contribution in [2.45, 2.75) is 43.5 Å². The Bertz CT molecular complexity index is 957. The van der Waals surface area contributed by atoms with Gasteiger partial charge in [-0.15, -0.1) is 0 Å². The average Bonchev–Trinajstić information content (AvgIpc) is 2.74. The highest BCUT2D eigenvalue weighted by molar-refractivity contribution is 7.92. The number of nitrogens with zero attached hydrogens (tertiary/aromatic N) is 1. The van der Waals surface area contributed by atoms with Crippen molar-refractivity contribution in [3.05, 3.63) is 54.1 Å². The lowest BCUT2D eigenvalue weighted by atomic mass is 9.86. The van der Waals surface area contributed by atoms with Gasteiger partial charge in [-0.2, -0.15) is 0 Å². The number of sulfonamides is 1. The summed E-state index contributed by atoms with van der Waals surface area (Å²) in [6.45, 7) is 2.16. The molecule has 2 atom stereocenters. The summed E-state index contributed by atoms with van der Waals surface area (Å²) in [4.78, 5) is 12.7. The van der Waals surface area contributed by atoms with E-state index in [1.807, 2.05) is 0 Å². The monoisotopic (exact) mass is 416 g/mol. The Kier molecular flexibility index (Phi) is 6.47. The third kappa shape index (κ3) is 4.56. The van der Waals surface area contributed by atoms with E-state index >= 15 is 0 Å². The number of para-hydroxylation sites is 2. The van der Waals surface area contributed by atoms with Gasteiger partial charge in [-0.25, -0.2) is 8.42 Å². The molecule has 1 saturated carbocycles. The minimum absolute atomic E-state index is 0.119. The number of carbonyl (C=O) groups is 1. The lowest BCUT2D eigenvalue weighted by Crippen LogP contribution is -2.41. The minimum Gasteiger partial charge on any atom is -0.495 e.